The first kappa shape index (κ1) is 37.8. The van der Waals surface area contributed by atoms with E-state index in [9.17, 15) is 28.0 Å². The molecule has 4 N–H and O–H groups in total. The predicted molar refractivity (Wildman–Crippen MR) is 176 cm³/mol. The van der Waals surface area contributed by atoms with E-state index in [0.717, 1.165) is 11.1 Å². The van der Waals surface area contributed by atoms with Gasteiger partial charge in [-0.05, 0) is 61.4 Å². The van der Waals surface area contributed by atoms with Crippen molar-refractivity contribution in [1.82, 2.24) is 20.9 Å². The molecule has 1 aromatic heterocycles. The maximum atomic E-state index is 13.5. The smallest absolute Gasteiger partial charge is 0.289 e. The average molecular weight is 653 g/mol. The van der Waals surface area contributed by atoms with Crippen molar-refractivity contribution < 1.29 is 32.6 Å². The highest BCUT2D eigenvalue weighted by Gasteiger charge is 2.35. The summed E-state index contributed by atoms with van der Waals surface area (Å²) in [5, 5.41) is 10.7. The summed E-state index contributed by atoms with van der Waals surface area (Å²) in [6.45, 7) is 9.95. The SMILES string of the molecule is CC(C)C[C@@H](C(=O)NN(CC(C)C)C(=O)c1ccncc1)[C@H](CC=Cc1ccccc1)C(=O)NO.Cc1ccc(S(=O)(=O)O)cc1. The number of aromatic nitrogens is 1. The maximum Gasteiger partial charge on any atom is 0.294 e. The van der Waals surface area contributed by atoms with E-state index in [1.807, 2.05) is 77.1 Å². The molecule has 0 radical (unpaired) electrons. The van der Waals surface area contributed by atoms with Crippen LogP contribution in [-0.2, 0) is 19.7 Å². The second kappa shape index (κ2) is 18.5. The second-order valence-corrected chi connectivity index (χ2v) is 13.1. The average Bonchev–Trinajstić information content (AvgIpc) is 3.02. The number of benzene rings is 2. The number of hydroxylamine groups is 1. The van der Waals surface area contributed by atoms with Gasteiger partial charge in [-0.1, -0.05) is 87.9 Å². The number of nitrogens with one attached hydrogen (secondary N) is 2. The van der Waals surface area contributed by atoms with Gasteiger partial charge in [0.15, 0.2) is 0 Å². The Kier molecular flexibility index (Phi) is 15.2. The van der Waals surface area contributed by atoms with Gasteiger partial charge < -0.3 is 0 Å². The molecule has 0 spiro atoms. The van der Waals surface area contributed by atoms with Gasteiger partial charge in [-0.3, -0.25) is 34.6 Å². The predicted octanol–water partition coefficient (Wildman–Crippen LogP) is 5.34. The Labute approximate surface area is 271 Å². The molecule has 0 saturated heterocycles. The van der Waals surface area contributed by atoms with Crippen molar-refractivity contribution in [2.24, 2.45) is 23.7 Å². The Morgan fingerprint density at radius 1 is 0.870 bits per heavy atom. The van der Waals surface area contributed by atoms with E-state index in [2.05, 4.69) is 10.4 Å². The first-order valence-corrected chi connectivity index (χ1v) is 16.4. The van der Waals surface area contributed by atoms with Gasteiger partial charge in [0.2, 0.25) is 11.8 Å². The molecule has 3 amide bonds. The molecule has 0 aliphatic carbocycles. The molecule has 0 aliphatic rings. The largest absolute Gasteiger partial charge is 0.294 e. The summed E-state index contributed by atoms with van der Waals surface area (Å²) in [6, 6.07) is 18.8. The summed E-state index contributed by atoms with van der Waals surface area (Å²) < 4.78 is 29.6. The van der Waals surface area contributed by atoms with Gasteiger partial charge in [0.1, 0.15) is 0 Å². The number of rotatable bonds is 12. The molecule has 0 bridgehead atoms. The quantitative estimate of drug-likeness (QED) is 0.116. The number of hydrogen-bond donors (Lipinski definition) is 4. The fourth-order valence-electron chi connectivity index (χ4n) is 4.53. The molecule has 248 valence electrons. The van der Waals surface area contributed by atoms with E-state index in [1.165, 1.54) is 29.5 Å². The van der Waals surface area contributed by atoms with E-state index in [0.29, 0.717) is 18.5 Å². The highest BCUT2D eigenvalue weighted by atomic mass is 32.2. The lowest BCUT2D eigenvalue weighted by Crippen LogP contribution is -2.52. The number of nitrogens with zero attached hydrogens (tertiary/aromatic N) is 2. The zero-order chi connectivity index (χ0) is 34.3. The van der Waals surface area contributed by atoms with Crippen LogP contribution < -0.4 is 10.9 Å². The minimum Gasteiger partial charge on any atom is -0.289 e. The lowest BCUT2D eigenvalue weighted by molar-refractivity contribution is -0.142. The van der Waals surface area contributed by atoms with Crippen molar-refractivity contribution in [1.29, 1.82) is 0 Å². The molecule has 1 heterocycles. The van der Waals surface area contributed by atoms with Gasteiger partial charge >= 0.3 is 0 Å². The number of hydrazine groups is 1. The number of aryl methyl sites for hydroxylation is 1. The fourth-order valence-corrected chi connectivity index (χ4v) is 5.01. The van der Waals surface area contributed by atoms with Crippen molar-refractivity contribution in [3.63, 3.8) is 0 Å². The third-order valence-corrected chi connectivity index (χ3v) is 7.65. The van der Waals surface area contributed by atoms with Crippen LogP contribution in [-0.4, -0.2) is 52.4 Å². The number of carbonyl (C=O) groups excluding carboxylic acids is 3. The molecule has 0 unspecified atom stereocenters. The van der Waals surface area contributed by atoms with Gasteiger partial charge in [0.25, 0.3) is 16.0 Å². The molecule has 0 saturated carbocycles. The minimum atomic E-state index is -4.02. The molecule has 3 rings (SSSR count). The zero-order valence-electron chi connectivity index (χ0n) is 26.8. The van der Waals surface area contributed by atoms with E-state index in [4.69, 9.17) is 4.55 Å². The van der Waals surface area contributed by atoms with Crippen molar-refractivity contribution in [3.8, 4) is 0 Å². The lowest BCUT2D eigenvalue weighted by Gasteiger charge is -2.30. The molecule has 2 atom stereocenters. The standard InChI is InChI=1S/C27H36N4O4.C7H8O3S/c1-19(2)17-24(23(26(33)30-35)12-8-11-21-9-6-5-7-10-21)25(32)29-31(18-20(3)4)27(34)22-13-15-28-16-14-22;1-6-2-4-7(5-3-6)11(8,9)10/h5-11,13-16,19-20,23-24,35H,12,17-18H2,1-4H3,(H,29,32)(H,30,33);2-5H,1H3,(H,8,9,10)/t23-,24+;/m0./s1. The van der Waals surface area contributed by atoms with Crippen LogP contribution in [0, 0.1) is 30.6 Å². The Morgan fingerprint density at radius 2 is 1.48 bits per heavy atom. The minimum absolute atomic E-state index is 0.0666. The van der Waals surface area contributed by atoms with Gasteiger partial charge in [-0.2, -0.15) is 8.42 Å². The fraction of sp³-hybridized carbons (Fsp3) is 0.353. The van der Waals surface area contributed by atoms with Crippen molar-refractivity contribution in [2.45, 2.75) is 52.4 Å². The summed E-state index contributed by atoms with van der Waals surface area (Å²) in [4.78, 5) is 43.1. The summed E-state index contributed by atoms with van der Waals surface area (Å²) in [7, 11) is -4.02. The third kappa shape index (κ3) is 12.9. The van der Waals surface area contributed by atoms with Crippen LogP contribution in [0.25, 0.3) is 6.08 Å². The highest BCUT2D eigenvalue weighted by Crippen LogP contribution is 2.26. The molecule has 2 aromatic carbocycles. The van der Waals surface area contributed by atoms with Crippen LogP contribution in [0.3, 0.4) is 0 Å². The number of amides is 3. The number of pyridine rings is 1. The zero-order valence-corrected chi connectivity index (χ0v) is 27.6. The van der Waals surface area contributed by atoms with E-state index >= 15 is 0 Å². The first-order chi connectivity index (χ1) is 21.7. The number of allylic oxidation sites excluding steroid dienone is 1. The van der Waals surface area contributed by atoms with Crippen molar-refractivity contribution in [3.05, 3.63) is 102 Å². The monoisotopic (exact) mass is 652 g/mol. The summed E-state index contributed by atoms with van der Waals surface area (Å²) in [6.07, 6.45) is 7.39. The lowest BCUT2D eigenvalue weighted by atomic mass is 9.82. The summed E-state index contributed by atoms with van der Waals surface area (Å²) in [5.74, 6) is -2.82. The maximum absolute atomic E-state index is 13.5. The molecule has 0 aliphatic heterocycles. The van der Waals surface area contributed by atoms with E-state index in [-0.39, 0.29) is 29.1 Å². The summed E-state index contributed by atoms with van der Waals surface area (Å²) in [5.41, 5.74) is 6.79. The topological polar surface area (TPSA) is 166 Å². The molecule has 0 fully saturated rings. The Morgan fingerprint density at radius 3 is 2.00 bits per heavy atom. The second-order valence-electron chi connectivity index (χ2n) is 11.7. The highest BCUT2D eigenvalue weighted by molar-refractivity contribution is 7.85. The van der Waals surface area contributed by atoms with Gasteiger partial charge in [0, 0.05) is 24.5 Å². The van der Waals surface area contributed by atoms with Crippen LogP contribution in [0.15, 0.2) is 90.1 Å². The third-order valence-electron chi connectivity index (χ3n) is 6.78. The first-order valence-electron chi connectivity index (χ1n) is 14.9. The molecular formula is C34H44N4O7S. The molecular weight excluding hydrogens is 608 g/mol. The van der Waals surface area contributed by atoms with Crippen LogP contribution >= 0.6 is 0 Å². The Bertz CT molecular complexity index is 1530. The Balaban J connectivity index is 0.000000562. The Hall–Kier alpha value is -4.39. The van der Waals surface area contributed by atoms with Crippen molar-refractivity contribution in [2.75, 3.05) is 6.54 Å². The number of hydrogen-bond acceptors (Lipinski definition) is 7. The molecule has 12 heteroatoms. The molecule has 46 heavy (non-hydrogen) atoms. The van der Waals surface area contributed by atoms with Crippen molar-refractivity contribution >= 4 is 33.9 Å². The van der Waals surface area contributed by atoms with Crippen LogP contribution in [0.2, 0.25) is 0 Å². The normalized spacial score (nSPS) is 12.6. The molecule has 11 nitrogen and oxygen atoms in total. The van der Waals surface area contributed by atoms with Crippen LogP contribution in [0.5, 0.6) is 0 Å². The summed E-state index contributed by atoms with van der Waals surface area (Å²) >= 11 is 0. The van der Waals surface area contributed by atoms with Crippen LogP contribution in [0.1, 0.15) is 62.0 Å². The van der Waals surface area contributed by atoms with Crippen LogP contribution in [0.4, 0.5) is 0 Å². The van der Waals surface area contributed by atoms with Gasteiger partial charge in [-0.15, -0.1) is 0 Å². The van der Waals surface area contributed by atoms with Gasteiger partial charge in [0.05, 0.1) is 16.7 Å². The van der Waals surface area contributed by atoms with E-state index in [1.54, 1.807) is 29.7 Å². The van der Waals surface area contributed by atoms with E-state index < -0.39 is 33.8 Å². The molecule has 3 aromatic rings. The number of carbonyl (C=O) groups is 3. The van der Waals surface area contributed by atoms with Gasteiger partial charge in [-0.25, -0.2) is 10.5 Å².